The van der Waals surface area contributed by atoms with E-state index in [1.807, 2.05) is 30.3 Å². The van der Waals surface area contributed by atoms with Crippen LogP contribution < -0.4 is 0 Å². The maximum Gasteiger partial charge on any atom is 0.316 e. The maximum absolute atomic E-state index is 13.7. The monoisotopic (exact) mass is 357 g/mol. The molecule has 0 spiro atoms. The number of carbonyl (C=O) groups excluding carboxylic acids is 1. The maximum atomic E-state index is 13.7. The molecule has 0 saturated heterocycles. The lowest BCUT2D eigenvalue weighted by atomic mass is 10.1. The van der Waals surface area contributed by atoms with E-state index in [1.54, 1.807) is 24.3 Å². The van der Waals surface area contributed by atoms with Gasteiger partial charge in [0.1, 0.15) is 18.1 Å². The van der Waals surface area contributed by atoms with Crippen LogP contribution in [0.25, 0.3) is 11.3 Å². The minimum absolute atomic E-state index is 0.00266. The number of thioether (sulfide) groups is 1. The van der Waals surface area contributed by atoms with E-state index in [9.17, 15) is 9.18 Å². The zero-order valence-electron chi connectivity index (χ0n) is 13.4. The number of halogens is 1. The van der Waals surface area contributed by atoms with Crippen LogP contribution in [0.15, 0.2) is 65.2 Å². The number of aromatic nitrogens is 1. The van der Waals surface area contributed by atoms with Crippen molar-refractivity contribution >= 4 is 17.7 Å². The normalized spacial score (nSPS) is 10.6. The molecule has 0 unspecified atom stereocenters. The number of hydrogen-bond donors (Lipinski definition) is 0. The number of nitrogens with zero attached hydrogens (tertiary/aromatic N) is 1. The van der Waals surface area contributed by atoms with Crippen LogP contribution in [0.2, 0.25) is 0 Å². The lowest BCUT2D eigenvalue weighted by molar-refractivity contribution is -0.141. The molecule has 0 aliphatic rings. The highest BCUT2D eigenvalue weighted by Gasteiger charge is 2.12. The fourth-order valence-electron chi connectivity index (χ4n) is 2.19. The summed E-state index contributed by atoms with van der Waals surface area (Å²) in [6, 6.07) is 17.7. The van der Waals surface area contributed by atoms with Crippen LogP contribution in [0.1, 0.15) is 11.3 Å². The second-order valence-corrected chi connectivity index (χ2v) is 6.29. The van der Waals surface area contributed by atoms with Crippen LogP contribution in [-0.4, -0.2) is 16.9 Å². The Morgan fingerprint density at radius 2 is 1.88 bits per heavy atom. The van der Waals surface area contributed by atoms with Gasteiger partial charge in [0, 0.05) is 11.8 Å². The van der Waals surface area contributed by atoms with Gasteiger partial charge in [0.2, 0.25) is 0 Å². The lowest BCUT2D eigenvalue weighted by Crippen LogP contribution is -2.07. The van der Waals surface area contributed by atoms with Gasteiger partial charge in [0.25, 0.3) is 0 Å². The van der Waals surface area contributed by atoms with Crippen molar-refractivity contribution in [3.63, 3.8) is 0 Å². The first-order valence-corrected chi connectivity index (χ1v) is 8.85. The Morgan fingerprint density at radius 3 is 2.68 bits per heavy atom. The molecule has 0 aliphatic carbocycles. The van der Waals surface area contributed by atoms with Crippen molar-refractivity contribution in [3.05, 3.63) is 77.7 Å². The Morgan fingerprint density at radius 1 is 1.12 bits per heavy atom. The standard InChI is InChI=1S/C19H16FNO3S/c20-17-9-5-4-8-16(17)18-10-15(21-24-18)11-23-19(22)13-25-12-14-6-2-1-3-7-14/h1-10H,11-13H2. The largest absolute Gasteiger partial charge is 0.458 e. The molecule has 6 heteroatoms. The van der Waals surface area contributed by atoms with E-state index in [1.165, 1.54) is 17.8 Å². The fraction of sp³-hybridized carbons (Fsp3) is 0.158. The summed E-state index contributed by atoms with van der Waals surface area (Å²) in [5.74, 6) is 0.600. The summed E-state index contributed by atoms with van der Waals surface area (Å²) in [6.45, 7) is 0.00266. The lowest BCUT2D eigenvalue weighted by Gasteiger charge is -2.03. The van der Waals surface area contributed by atoms with Crippen molar-refractivity contribution in [1.82, 2.24) is 5.16 Å². The molecule has 1 heterocycles. The molecular formula is C19H16FNO3S. The van der Waals surface area contributed by atoms with Gasteiger partial charge in [0.15, 0.2) is 5.76 Å². The van der Waals surface area contributed by atoms with Crippen molar-refractivity contribution in [2.24, 2.45) is 0 Å². The molecule has 0 N–H and O–H groups in total. The van der Waals surface area contributed by atoms with E-state index in [0.29, 0.717) is 17.0 Å². The number of ether oxygens (including phenoxy) is 1. The Balaban J connectivity index is 1.46. The van der Waals surface area contributed by atoms with Crippen molar-refractivity contribution < 1.29 is 18.4 Å². The second kappa shape index (κ2) is 8.48. The molecule has 128 valence electrons. The van der Waals surface area contributed by atoms with E-state index >= 15 is 0 Å². The molecule has 4 nitrogen and oxygen atoms in total. The summed E-state index contributed by atoms with van der Waals surface area (Å²) in [6.07, 6.45) is 0. The highest BCUT2D eigenvalue weighted by molar-refractivity contribution is 7.99. The number of rotatable bonds is 7. The van der Waals surface area contributed by atoms with Crippen molar-refractivity contribution in [2.75, 3.05) is 5.75 Å². The predicted molar refractivity (Wildman–Crippen MR) is 94.3 cm³/mol. The van der Waals surface area contributed by atoms with Crippen molar-refractivity contribution in [1.29, 1.82) is 0 Å². The van der Waals surface area contributed by atoms with Crippen LogP contribution in [0.4, 0.5) is 4.39 Å². The van der Waals surface area contributed by atoms with E-state index < -0.39 is 0 Å². The van der Waals surface area contributed by atoms with Crippen LogP contribution in [0, 0.1) is 5.82 Å². The third-order valence-electron chi connectivity index (χ3n) is 3.41. The van der Waals surface area contributed by atoms with Gasteiger partial charge in [-0.05, 0) is 17.7 Å². The molecule has 3 rings (SSSR count). The fourth-order valence-corrected chi connectivity index (χ4v) is 2.97. The first-order chi connectivity index (χ1) is 12.2. The van der Waals surface area contributed by atoms with Crippen LogP contribution in [0.3, 0.4) is 0 Å². The van der Waals surface area contributed by atoms with Gasteiger partial charge in [-0.15, -0.1) is 11.8 Å². The Kier molecular flexibility index (Phi) is 5.85. The Labute approximate surface area is 149 Å². The highest BCUT2D eigenvalue weighted by atomic mass is 32.2. The molecular weight excluding hydrogens is 341 g/mol. The Hall–Kier alpha value is -2.60. The van der Waals surface area contributed by atoms with Gasteiger partial charge in [0.05, 0.1) is 11.3 Å². The number of esters is 1. The molecule has 0 amide bonds. The summed E-state index contributed by atoms with van der Waals surface area (Å²) in [4.78, 5) is 11.8. The van der Waals surface area contributed by atoms with Crippen LogP contribution in [-0.2, 0) is 21.9 Å². The molecule has 0 saturated carbocycles. The summed E-state index contributed by atoms with van der Waals surface area (Å²) < 4.78 is 24.0. The molecule has 1 aromatic heterocycles. The highest BCUT2D eigenvalue weighted by Crippen LogP contribution is 2.23. The number of hydrogen-bond acceptors (Lipinski definition) is 5. The number of carbonyl (C=O) groups is 1. The van der Waals surface area contributed by atoms with Gasteiger partial charge in [-0.3, -0.25) is 4.79 Å². The molecule has 25 heavy (non-hydrogen) atoms. The zero-order valence-corrected chi connectivity index (χ0v) is 14.2. The average Bonchev–Trinajstić information content (AvgIpc) is 3.10. The third-order valence-corrected chi connectivity index (χ3v) is 4.39. The average molecular weight is 357 g/mol. The molecule has 2 aromatic carbocycles. The van der Waals surface area contributed by atoms with Crippen molar-refractivity contribution in [2.45, 2.75) is 12.4 Å². The predicted octanol–water partition coefficient (Wildman–Crippen LogP) is 4.46. The van der Waals surface area contributed by atoms with Gasteiger partial charge in [-0.1, -0.05) is 47.6 Å². The molecule has 0 fully saturated rings. The van der Waals surface area contributed by atoms with E-state index in [-0.39, 0.29) is 24.1 Å². The van der Waals surface area contributed by atoms with Crippen molar-refractivity contribution in [3.8, 4) is 11.3 Å². The minimum Gasteiger partial charge on any atom is -0.458 e. The van der Waals surface area contributed by atoms with E-state index in [2.05, 4.69) is 5.16 Å². The summed E-state index contributed by atoms with van der Waals surface area (Å²) in [5.41, 5.74) is 1.93. The van der Waals surface area contributed by atoms with Gasteiger partial charge in [-0.2, -0.15) is 0 Å². The summed E-state index contributed by atoms with van der Waals surface area (Å²) in [5, 5.41) is 3.81. The SMILES string of the molecule is O=C(CSCc1ccccc1)OCc1cc(-c2ccccc2F)on1. The number of benzene rings is 2. The summed E-state index contributed by atoms with van der Waals surface area (Å²) in [7, 11) is 0. The molecule has 0 bridgehead atoms. The smallest absolute Gasteiger partial charge is 0.316 e. The van der Waals surface area contributed by atoms with Gasteiger partial charge in [-0.25, -0.2) is 4.39 Å². The van der Waals surface area contributed by atoms with E-state index in [4.69, 9.17) is 9.26 Å². The minimum atomic E-state index is -0.389. The topological polar surface area (TPSA) is 52.3 Å². The quantitative estimate of drug-likeness (QED) is 0.585. The van der Waals surface area contributed by atoms with Crippen LogP contribution >= 0.6 is 11.8 Å². The third kappa shape index (κ3) is 4.93. The van der Waals surface area contributed by atoms with Crippen LogP contribution in [0.5, 0.6) is 0 Å². The van der Waals surface area contributed by atoms with Gasteiger partial charge >= 0.3 is 5.97 Å². The molecule has 3 aromatic rings. The first kappa shape index (κ1) is 17.2. The first-order valence-electron chi connectivity index (χ1n) is 7.70. The Bertz CT molecular complexity index is 835. The molecule has 0 atom stereocenters. The molecule has 0 radical (unpaired) electrons. The second-order valence-electron chi connectivity index (χ2n) is 5.30. The summed E-state index contributed by atoms with van der Waals surface area (Å²) >= 11 is 1.49. The zero-order chi connectivity index (χ0) is 17.5. The van der Waals surface area contributed by atoms with Gasteiger partial charge < -0.3 is 9.26 Å². The van der Waals surface area contributed by atoms with E-state index in [0.717, 1.165) is 11.3 Å². The molecule has 0 aliphatic heterocycles.